The highest BCUT2D eigenvalue weighted by molar-refractivity contribution is 5.09. The number of hydrogen-bond acceptors (Lipinski definition) is 3. The van der Waals surface area contributed by atoms with Crippen LogP contribution in [0.25, 0.3) is 0 Å². The van der Waals surface area contributed by atoms with Gasteiger partial charge in [-0.3, -0.25) is 4.98 Å². The molecule has 0 radical (unpaired) electrons. The van der Waals surface area contributed by atoms with E-state index in [0.717, 1.165) is 25.2 Å². The number of aromatic nitrogens is 3. The van der Waals surface area contributed by atoms with Crippen molar-refractivity contribution in [1.29, 1.82) is 0 Å². The highest BCUT2D eigenvalue weighted by atomic mass is 14.9. The zero-order chi connectivity index (χ0) is 10.3. The summed E-state index contributed by atoms with van der Waals surface area (Å²) in [4.78, 5) is 11.0. The molecule has 2 aromatic rings. The Kier molecular flexibility index (Phi) is 3.46. The molecule has 0 aliphatic heterocycles. The van der Waals surface area contributed by atoms with Crippen LogP contribution in [0.3, 0.4) is 0 Å². The van der Waals surface area contributed by atoms with Crippen molar-refractivity contribution >= 4 is 0 Å². The van der Waals surface area contributed by atoms with Crippen LogP contribution in [0, 0.1) is 0 Å². The molecule has 0 unspecified atom stereocenters. The first-order chi connectivity index (χ1) is 7.45. The van der Waals surface area contributed by atoms with Crippen LogP contribution in [0.1, 0.15) is 11.3 Å². The molecule has 2 rings (SSSR count). The van der Waals surface area contributed by atoms with E-state index < -0.39 is 0 Å². The fourth-order valence-electron chi connectivity index (χ4n) is 1.38. The van der Waals surface area contributed by atoms with Gasteiger partial charge in [-0.05, 0) is 17.7 Å². The smallest absolute Gasteiger partial charge is 0.0921 e. The number of rotatable bonds is 5. The largest absolute Gasteiger partial charge is 0.348 e. The molecule has 0 fully saturated rings. The molecular formula is C11H14N4. The second kappa shape index (κ2) is 5.26. The number of H-pyrrole nitrogens is 1. The highest BCUT2D eigenvalue weighted by Crippen LogP contribution is 1.95. The van der Waals surface area contributed by atoms with Crippen molar-refractivity contribution in [2.75, 3.05) is 6.54 Å². The predicted molar refractivity (Wildman–Crippen MR) is 58.2 cm³/mol. The lowest BCUT2D eigenvalue weighted by atomic mass is 10.2. The van der Waals surface area contributed by atoms with Gasteiger partial charge < -0.3 is 10.3 Å². The summed E-state index contributed by atoms with van der Waals surface area (Å²) in [5.41, 5.74) is 2.42. The summed E-state index contributed by atoms with van der Waals surface area (Å²) in [5, 5.41) is 3.36. The van der Waals surface area contributed by atoms with Crippen molar-refractivity contribution in [3.63, 3.8) is 0 Å². The Morgan fingerprint density at radius 2 is 2.07 bits per heavy atom. The molecule has 2 heterocycles. The quantitative estimate of drug-likeness (QED) is 0.715. The van der Waals surface area contributed by atoms with Crippen LogP contribution in [0.5, 0.6) is 0 Å². The first-order valence-electron chi connectivity index (χ1n) is 5.02. The van der Waals surface area contributed by atoms with Crippen LogP contribution in [-0.4, -0.2) is 21.5 Å². The number of aromatic amines is 1. The van der Waals surface area contributed by atoms with Gasteiger partial charge in [0.2, 0.25) is 0 Å². The van der Waals surface area contributed by atoms with E-state index in [2.05, 4.69) is 20.3 Å². The number of imidazole rings is 1. The molecule has 0 spiro atoms. The van der Waals surface area contributed by atoms with Gasteiger partial charge in [0.1, 0.15) is 0 Å². The van der Waals surface area contributed by atoms with Crippen molar-refractivity contribution in [1.82, 2.24) is 20.3 Å². The van der Waals surface area contributed by atoms with Gasteiger partial charge in [0.05, 0.1) is 6.33 Å². The molecule has 4 heteroatoms. The summed E-state index contributed by atoms with van der Waals surface area (Å²) in [6.45, 7) is 1.83. The van der Waals surface area contributed by atoms with Crippen LogP contribution in [0.15, 0.2) is 37.1 Å². The lowest BCUT2D eigenvalue weighted by Gasteiger charge is -2.03. The first kappa shape index (κ1) is 9.86. The fourth-order valence-corrected chi connectivity index (χ4v) is 1.38. The second-order valence-corrected chi connectivity index (χ2v) is 3.36. The van der Waals surface area contributed by atoms with Gasteiger partial charge in [0, 0.05) is 43.8 Å². The van der Waals surface area contributed by atoms with Crippen LogP contribution < -0.4 is 5.32 Å². The predicted octanol–water partition coefficient (Wildman–Crippen LogP) is 1.14. The maximum atomic E-state index is 3.97. The zero-order valence-corrected chi connectivity index (χ0v) is 8.48. The maximum absolute atomic E-state index is 3.97. The summed E-state index contributed by atoms with van der Waals surface area (Å²) < 4.78 is 0. The molecule has 0 saturated heterocycles. The molecule has 0 amide bonds. The van der Waals surface area contributed by atoms with E-state index in [9.17, 15) is 0 Å². The van der Waals surface area contributed by atoms with E-state index in [4.69, 9.17) is 0 Å². The third-order valence-corrected chi connectivity index (χ3v) is 2.20. The van der Waals surface area contributed by atoms with Gasteiger partial charge in [-0.25, -0.2) is 4.98 Å². The van der Waals surface area contributed by atoms with Gasteiger partial charge in [-0.2, -0.15) is 0 Å². The third kappa shape index (κ3) is 3.18. The van der Waals surface area contributed by atoms with Crippen molar-refractivity contribution in [2.45, 2.75) is 13.0 Å². The number of nitrogens with one attached hydrogen (secondary N) is 2. The topological polar surface area (TPSA) is 53.6 Å². The number of nitrogens with zero attached hydrogens (tertiary/aromatic N) is 2. The Morgan fingerprint density at radius 3 is 2.80 bits per heavy atom. The van der Waals surface area contributed by atoms with Crippen LogP contribution in [0.2, 0.25) is 0 Å². The average molecular weight is 202 g/mol. The summed E-state index contributed by atoms with van der Waals surface area (Å²) in [6, 6.07) is 4.03. The number of hydrogen-bond donors (Lipinski definition) is 2. The van der Waals surface area contributed by atoms with E-state index in [-0.39, 0.29) is 0 Å². The van der Waals surface area contributed by atoms with Crippen LogP contribution >= 0.6 is 0 Å². The van der Waals surface area contributed by atoms with Crippen LogP contribution in [-0.2, 0) is 13.0 Å². The average Bonchev–Trinajstić information content (AvgIpc) is 2.79. The zero-order valence-electron chi connectivity index (χ0n) is 8.48. The minimum absolute atomic E-state index is 0.886. The first-order valence-corrected chi connectivity index (χ1v) is 5.02. The standard InChI is InChI=1S/C11H14N4/c1-4-12-5-2-10(1)7-13-6-3-11-8-14-9-15-11/h1-2,4-5,8-9,13H,3,6-7H2,(H,14,15). The van der Waals surface area contributed by atoms with Crippen LogP contribution in [0.4, 0.5) is 0 Å². The molecule has 0 aliphatic rings. The highest BCUT2D eigenvalue weighted by Gasteiger charge is 1.94. The number of pyridine rings is 1. The summed E-state index contributed by atoms with van der Waals surface area (Å²) in [6.07, 6.45) is 8.16. The normalized spacial score (nSPS) is 10.4. The lowest BCUT2D eigenvalue weighted by Crippen LogP contribution is -2.16. The fraction of sp³-hybridized carbons (Fsp3) is 0.273. The minimum Gasteiger partial charge on any atom is -0.348 e. The van der Waals surface area contributed by atoms with Gasteiger partial charge in [0.15, 0.2) is 0 Å². The third-order valence-electron chi connectivity index (χ3n) is 2.20. The van der Waals surface area contributed by atoms with E-state index in [1.165, 1.54) is 5.56 Å². The van der Waals surface area contributed by atoms with Gasteiger partial charge in [0.25, 0.3) is 0 Å². The molecule has 78 valence electrons. The second-order valence-electron chi connectivity index (χ2n) is 3.36. The molecule has 2 N–H and O–H groups in total. The Morgan fingerprint density at radius 1 is 1.20 bits per heavy atom. The molecule has 0 saturated carbocycles. The van der Waals surface area contributed by atoms with E-state index in [1.54, 1.807) is 6.33 Å². The molecular weight excluding hydrogens is 188 g/mol. The van der Waals surface area contributed by atoms with E-state index in [1.807, 2.05) is 30.7 Å². The Bertz CT molecular complexity index is 369. The molecule has 0 aliphatic carbocycles. The Hall–Kier alpha value is -1.68. The van der Waals surface area contributed by atoms with E-state index >= 15 is 0 Å². The molecule has 4 nitrogen and oxygen atoms in total. The van der Waals surface area contributed by atoms with Gasteiger partial charge >= 0.3 is 0 Å². The Labute approximate surface area is 88.8 Å². The SMILES string of the molecule is c1cc(CNCCc2cnc[nH]2)ccn1. The molecule has 0 aromatic carbocycles. The van der Waals surface area contributed by atoms with Crippen molar-refractivity contribution < 1.29 is 0 Å². The molecule has 15 heavy (non-hydrogen) atoms. The summed E-state index contributed by atoms with van der Waals surface area (Å²) in [7, 11) is 0. The van der Waals surface area contributed by atoms with Gasteiger partial charge in [-0.1, -0.05) is 0 Å². The monoisotopic (exact) mass is 202 g/mol. The Balaban J connectivity index is 1.68. The van der Waals surface area contributed by atoms with Gasteiger partial charge in [-0.15, -0.1) is 0 Å². The minimum atomic E-state index is 0.886. The van der Waals surface area contributed by atoms with E-state index in [0.29, 0.717) is 0 Å². The molecule has 2 aromatic heterocycles. The summed E-state index contributed by atoms with van der Waals surface area (Å²) in [5.74, 6) is 0. The maximum Gasteiger partial charge on any atom is 0.0921 e. The van der Waals surface area contributed by atoms with Crippen molar-refractivity contribution in [2.24, 2.45) is 0 Å². The van der Waals surface area contributed by atoms with Crippen molar-refractivity contribution in [3.05, 3.63) is 48.3 Å². The molecule has 0 atom stereocenters. The summed E-state index contributed by atoms with van der Waals surface area (Å²) >= 11 is 0. The lowest BCUT2D eigenvalue weighted by molar-refractivity contribution is 0.681. The molecule has 0 bridgehead atoms. The van der Waals surface area contributed by atoms with Crippen molar-refractivity contribution in [3.8, 4) is 0 Å².